The molecule has 0 saturated carbocycles. The molecule has 0 saturated heterocycles. The number of hydrogen-bond acceptors (Lipinski definition) is 3. The molecule has 0 unspecified atom stereocenters. The van der Waals surface area contributed by atoms with E-state index >= 15 is 0 Å². The van der Waals surface area contributed by atoms with Gasteiger partial charge in [-0.3, -0.25) is 4.79 Å². The highest BCUT2D eigenvalue weighted by Gasteiger charge is 2.14. The molecule has 2 aromatic carbocycles. The van der Waals surface area contributed by atoms with Gasteiger partial charge in [-0.15, -0.1) is 0 Å². The van der Waals surface area contributed by atoms with Crippen LogP contribution in [0.3, 0.4) is 0 Å². The Bertz CT molecular complexity index is 669. The van der Waals surface area contributed by atoms with E-state index < -0.39 is 0 Å². The zero-order valence-electron chi connectivity index (χ0n) is 11.7. The highest BCUT2D eigenvalue weighted by Crippen LogP contribution is 2.27. The molecule has 0 aliphatic rings. The number of rotatable bonds is 5. The molecule has 110 valence electrons. The van der Waals surface area contributed by atoms with Crippen molar-refractivity contribution in [1.82, 2.24) is 0 Å². The molecule has 0 amide bonds. The number of benzene rings is 2. The van der Waals surface area contributed by atoms with Gasteiger partial charge in [0.2, 0.25) is 0 Å². The van der Waals surface area contributed by atoms with Gasteiger partial charge in [-0.2, -0.15) is 0 Å². The molecule has 0 aliphatic heterocycles. The highest BCUT2D eigenvalue weighted by molar-refractivity contribution is 6.42. The van der Waals surface area contributed by atoms with Gasteiger partial charge in [-0.05, 0) is 35.9 Å². The highest BCUT2D eigenvalue weighted by atomic mass is 35.5. The van der Waals surface area contributed by atoms with Crippen molar-refractivity contribution < 1.29 is 14.3 Å². The largest absolute Gasteiger partial charge is 0.497 e. The predicted octanol–water partition coefficient (Wildman–Crippen LogP) is 4.44. The topological polar surface area (TPSA) is 35.5 Å². The molecule has 2 rings (SSSR count). The fraction of sp³-hybridized carbons (Fsp3) is 0.188. The van der Waals surface area contributed by atoms with E-state index in [1.54, 1.807) is 43.5 Å². The van der Waals surface area contributed by atoms with Gasteiger partial charge in [0.05, 0.1) is 29.8 Å². The maximum absolute atomic E-state index is 12.4. The average molecular weight is 325 g/mol. The number of halogens is 2. The molecule has 0 aromatic heterocycles. The Labute approximate surface area is 133 Å². The average Bonchev–Trinajstić information content (AvgIpc) is 2.50. The molecule has 0 spiro atoms. The van der Waals surface area contributed by atoms with E-state index in [1.807, 2.05) is 0 Å². The Hall–Kier alpha value is -1.71. The minimum Gasteiger partial charge on any atom is -0.497 e. The van der Waals surface area contributed by atoms with Gasteiger partial charge in [0.1, 0.15) is 11.5 Å². The molecule has 0 atom stereocenters. The molecule has 5 heteroatoms. The van der Waals surface area contributed by atoms with Crippen molar-refractivity contribution in [2.75, 3.05) is 14.2 Å². The van der Waals surface area contributed by atoms with Crippen molar-refractivity contribution in [2.24, 2.45) is 0 Å². The normalized spacial score (nSPS) is 10.3. The van der Waals surface area contributed by atoms with Crippen LogP contribution in [0, 0.1) is 0 Å². The predicted molar refractivity (Wildman–Crippen MR) is 84.0 cm³/mol. The van der Waals surface area contributed by atoms with Gasteiger partial charge < -0.3 is 9.47 Å². The lowest BCUT2D eigenvalue weighted by Gasteiger charge is -2.10. The summed E-state index contributed by atoms with van der Waals surface area (Å²) in [6.07, 6.45) is 0.209. The van der Waals surface area contributed by atoms with Gasteiger partial charge in [0, 0.05) is 6.42 Å². The van der Waals surface area contributed by atoms with Crippen LogP contribution in [0.15, 0.2) is 36.4 Å². The number of methoxy groups -OCH3 is 2. The zero-order valence-corrected chi connectivity index (χ0v) is 13.2. The molecular formula is C16H14Cl2O3. The maximum Gasteiger partial charge on any atom is 0.171 e. The quantitative estimate of drug-likeness (QED) is 0.763. The third-order valence-electron chi connectivity index (χ3n) is 3.06. The Kier molecular flexibility index (Phi) is 5.10. The SMILES string of the molecule is COc1ccc(OC)c(C(=O)Cc2ccc(Cl)c(Cl)c2)c1. The number of carbonyl (C=O) groups is 1. The van der Waals surface area contributed by atoms with E-state index in [-0.39, 0.29) is 12.2 Å². The lowest BCUT2D eigenvalue weighted by molar-refractivity contribution is 0.0989. The van der Waals surface area contributed by atoms with Crippen LogP contribution >= 0.6 is 23.2 Å². The van der Waals surface area contributed by atoms with Gasteiger partial charge in [0.15, 0.2) is 5.78 Å². The van der Waals surface area contributed by atoms with E-state index in [0.717, 1.165) is 5.56 Å². The van der Waals surface area contributed by atoms with E-state index in [0.29, 0.717) is 27.1 Å². The van der Waals surface area contributed by atoms with Crippen molar-refractivity contribution in [2.45, 2.75) is 6.42 Å². The summed E-state index contributed by atoms with van der Waals surface area (Å²) >= 11 is 11.8. The summed E-state index contributed by atoms with van der Waals surface area (Å²) < 4.78 is 10.4. The first kappa shape index (κ1) is 15.7. The molecule has 0 N–H and O–H groups in total. The maximum atomic E-state index is 12.4. The Morgan fingerprint density at radius 2 is 1.76 bits per heavy atom. The van der Waals surface area contributed by atoms with Crippen LogP contribution in [-0.2, 0) is 6.42 Å². The van der Waals surface area contributed by atoms with Gasteiger partial charge in [-0.25, -0.2) is 0 Å². The van der Waals surface area contributed by atoms with Crippen LogP contribution in [0.25, 0.3) is 0 Å². The van der Waals surface area contributed by atoms with E-state index in [1.165, 1.54) is 7.11 Å². The second-order valence-electron chi connectivity index (χ2n) is 4.41. The summed E-state index contributed by atoms with van der Waals surface area (Å²) in [5.41, 5.74) is 1.27. The fourth-order valence-corrected chi connectivity index (χ4v) is 2.28. The smallest absolute Gasteiger partial charge is 0.171 e. The molecule has 0 radical (unpaired) electrons. The number of Topliss-reactive ketones (excluding diaryl/α,β-unsaturated/α-hetero) is 1. The van der Waals surface area contributed by atoms with E-state index in [9.17, 15) is 4.79 Å². The van der Waals surface area contributed by atoms with Crippen molar-refractivity contribution in [3.8, 4) is 11.5 Å². The molecule has 21 heavy (non-hydrogen) atoms. The Morgan fingerprint density at radius 3 is 2.38 bits per heavy atom. The summed E-state index contributed by atoms with van der Waals surface area (Å²) in [6, 6.07) is 10.3. The molecule has 2 aromatic rings. The minimum absolute atomic E-state index is 0.0795. The number of ketones is 1. The van der Waals surface area contributed by atoms with Gasteiger partial charge >= 0.3 is 0 Å². The Balaban J connectivity index is 2.28. The fourth-order valence-electron chi connectivity index (χ4n) is 1.96. The van der Waals surface area contributed by atoms with Crippen molar-refractivity contribution in [3.05, 3.63) is 57.6 Å². The summed E-state index contributed by atoms with van der Waals surface area (Å²) in [6.45, 7) is 0. The van der Waals surface area contributed by atoms with E-state index in [4.69, 9.17) is 32.7 Å². The van der Waals surface area contributed by atoms with Crippen LogP contribution in [0.1, 0.15) is 15.9 Å². The van der Waals surface area contributed by atoms with Crippen molar-refractivity contribution in [1.29, 1.82) is 0 Å². The Morgan fingerprint density at radius 1 is 1.00 bits per heavy atom. The molecule has 0 heterocycles. The standard InChI is InChI=1S/C16H14Cl2O3/c1-20-11-4-6-16(21-2)12(9-11)15(19)8-10-3-5-13(17)14(18)7-10/h3-7,9H,8H2,1-2H3. The first-order valence-corrected chi connectivity index (χ1v) is 7.00. The molecule has 0 bridgehead atoms. The first-order valence-electron chi connectivity index (χ1n) is 6.24. The van der Waals surface area contributed by atoms with Crippen LogP contribution in [0.2, 0.25) is 10.0 Å². The van der Waals surface area contributed by atoms with Crippen molar-refractivity contribution in [3.63, 3.8) is 0 Å². The second-order valence-corrected chi connectivity index (χ2v) is 5.23. The van der Waals surface area contributed by atoms with Crippen LogP contribution in [-0.4, -0.2) is 20.0 Å². The summed E-state index contributed by atoms with van der Waals surface area (Å²) in [4.78, 5) is 12.4. The third kappa shape index (κ3) is 3.69. The lowest BCUT2D eigenvalue weighted by Crippen LogP contribution is -2.06. The van der Waals surface area contributed by atoms with Crippen LogP contribution < -0.4 is 9.47 Å². The lowest BCUT2D eigenvalue weighted by atomic mass is 10.0. The molecule has 3 nitrogen and oxygen atoms in total. The van der Waals surface area contributed by atoms with Crippen LogP contribution in [0.4, 0.5) is 0 Å². The monoisotopic (exact) mass is 324 g/mol. The van der Waals surface area contributed by atoms with Crippen molar-refractivity contribution >= 4 is 29.0 Å². The molecule has 0 fully saturated rings. The summed E-state index contributed by atoms with van der Waals surface area (Å²) in [5, 5.41) is 0.895. The van der Waals surface area contributed by atoms with Crippen LogP contribution in [0.5, 0.6) is 11.5 Å². The van der Waals surface area contributed by atoms with Gasteiger partial charge in [0.25, 0.3) is 0 Å². The second kappa shape index (κ2) is 6.83. The van der Waals surface area contributed by atoms with Gasteiger partial charge in [-0.1, -0.05) is 29.3 Å². The summed E-state index contributed by atoms with van der Waals surface area (Å²) in [7, 11) is 3.08. The number of hydrogen-bond donors (Lipinski definition) is 0. The third-order valence-corrected chi connectivity index (χ3v) is 3.79. The molecular weight excluding hydrogens is 311 g/mol. The zero-order chi connectivity index (χ0) is 15.4. The number of carbonyl (C=O) groups excluding carboxylic acids is 1. The van der Waals surface area contributed by atoms with E-state index in [2.05, 4.69) is 0 Å². The molecule has 0 aliphatic carbocycles. The summed E-state index contributed by atoms with van der Waals surface area (Å²) in [5.74, 6) is 1.04. The number of ether oxygens (including phenoxy) is 2. The minimum atomic E-state index is -0.0795. The first-order chi connectivity index (χ1) is 10.0.